The van der Waals surface area contributed by atoms with Gasteiger partial charge in [-0.15, -0.1) is 17.5 Å². The largest absolute Gasteiger partial charge is 4.00 e. The molecule has 0 aromatic carbocycles. The first-order valence-electron chi connectivity index (χ1n) is 8.55. The van der Waals surface area contributed by atoms with E-state index >= 15 is 0 Å². The first-order valence-corrected chi connectivity index (χ1v) is 8.55. The Balaban J connectivity index is -0.000000163. The summed E-state index contributed by atoms with van der Waals surface area (Å²) in [5.41, 5.74) is 6.69. The molecule has 26 heavy (non-hydrogen) atoms. The molecule has 3 aliphatic carbocycles. The molecule has 4 atom stereocenters. The molecule has 0 heterocycles. The van der Waals surface area contributed by atoms with Gasteiger partial charge in [0.05, 0.1) is 0 Å². The number of hydrogen-bond acceptors (Lipinski definition) is 0. The van der Waals surface area contributed by atoms with E-state index in [9.17, 15) is 0 Å². The van der Waals surface area contributed by atoms with E-state index in [2.05, 4.69) is 43.9 Å². The molecule has 1 nitrogen and oxygen atoms in total. The van der Waals surface area contributed by atoms with Crippen molar-refractivity contribution in [1.29, 1.82) is 0 Å². The first kappa shape index (κ1) is 33.4. The van der Waals surface area contributed by atoms with Crippen molar-refractivity contribution in [2.45, 2.75) is 52.0 Å². The number of hydrogen-bond donors (Lipinski definition) is 0. The average Bonchev–Trinajstić information content (AvgIpc) is 2.84. The Morgan fingerprint density at radius 2 is 1.46 bits per heavy atom. The van der Waals surface area contributed by atoms with E-state index in [0.717, 1.165) is 23.7 Å². The number of rotatable bonds is 1. The van der Waals surface area contributed by atoms with E-state index < -0.39 is 0 Å². The van der Waals surface area contributed by atoms with E-state index in [1.165, 1.54) is 25.7 Å². The smallest absolute Gasteiger partial charge is 0.673 e. The normalized spacial score (nSPS) is 26.8. The zero-order chi connectivity index (χ0) is 16.6. The van der Waals surface area contributed by atoms with Gasteiger partial charge in [-0.1, -0.05) is 95.9 Å². The third-order valence-corrected chi connectivity index (χ3v) is 4.23. The van der Waals surface area contributed by atoms with Crippen molar-refractivity contribution in [3.63, 3.8) is 0 Å². The molecular formula is C23H43NSiTi. The second-order valence-corrected chi connectivity index (χ2v) is 7.45. The van der Waals surface area contributed by atoms with Crippen LogP contribution in [0.15, 0.2) is 49.6 Å². The Bertz CT molecular complexity index is 397. The van der Waals surface area contributed by atoms with Gasteiger partial charge in [-0.2, -0.15) is 5.92 Å². The van der Waals surface area contributed by atoms with Crippen molar-refractivity contribution in [1.82, 2.24) is 0 Å². The quantitative estimate of drug-likeness (QED) is 0.288. The van der Waals surface area contributed by atoms with E-state index in [1.807, 2.05) is 20.8 Å². The van der Waals surface area contributed by atoms with Gasteiger partial charge in [0.25, 0.3) is 0 Å². The Morgan fingerprint density at radius 1 is 1.00 bits per heavy atom. The monoisotopic (exact) mass is 409 g/mol. The van der Waals surface area contributed by atoms with Gasteiger partial charge < -0.3 is 27.0 Å². The van der Waals surface area contributed by atoms with Gasteiger partial charge in [0.1, 0.15) is 0 Å². The maximum atomic E-state index is 6.94. The van der Waals surface area contributed by atoms with Gasteiger partial charge in [-0.25, -0.2) is 0 Å². The summed E-state index contributed by atoms with van der Waals surface area (Å²) in [6, 6.07) is 0. The van der Waals surface area contributed by atoms with Crippen LogP contribution in [0.2, 0.25) is 0 Å². The summed E-state index contributed by atoms with van der Waals surface area (Å²) in [4.78, 5) is 0. The van der Waals surface area contributed by atoms with Crippen LogP contribution in [0.25, 0.3) is 5.73 Å². The van der Waals surface area contributed by atoms with Crippen molar-refractivity contribution < 1.29 is 21.7 Å². The van der Waals surface area contributed by atoms with E-state index in [-0.39, 0.29) is 53.1 Å². The van der Waals surface area contributed by atoms with Crippen LogP contribution in [0, 0.1) is 44.9 Å². The average molecular weight is 410 g/mol. The molecule has 0 aromatic heterocycles. The first-order chi connectivity index (χ1) is 10.4. The Labute approximate surface area is 184 Å². The number of fused-ring (bicyclic) bond motifs is 3. The second-order valence-electron chi connectivity index (χ2n) is 7.45. The topological polar surface area (TPSA) is 23.8 Å². The molecule has 148 valence electrons. The van der Waals surface area contributed by atoms with Crippen molar-refractivity contribution in [2.75, 3.05) is 0 Å². The van der Waals surface area contributed by atoms with E-state index in [4.69, 9.17) is 5.73 Å². The third kappa shape index (κ3) is 13.1. The molecule has 0 aliphatic heterocycles. The minimum Gasteiger partial charge on any atom is -0.673 e. The van der Waals surface area contributed by atoms with Crippen LogP contribution in [0.1, 0.15) is 46.5 Å². The molecule has 0 bridgehead atoms. The Hall–Kier alpha value is -0.149. The van der Waals surface area contributed by atoms with Gasteiger partial charge in [-0.05, 0) is 16.9 Å². The van der Waals surface area contributed by atoms with Crippen molar-refractivity contribution in [2.24, 2.45) is 23.7 Å². The molecule has 3 rings (SSSR count). The predicted molar refractivity (Wildman–Crippen MR) is 124 cm³/mol. The summed E-state index contributed by atoms with van der Waals surface area (Å²) in [5, 5.41) is 0. The van der Waals surface area contributed by atoms with E-state index in [1.54, 1.807) is 12.2 Å². The maximum absolute atomic E-state index is 6.94. The van der Waals surface area contributed by atoms with Gasteiger partial charge in [0.15, 0.2) is 0 Å². The SMILES string of the molecule is C1=CC2[CH-]C3CCCCC3C2C=C1.C=CC=C.CC(C)(C)[NH-].[CH3-].[CH3-].[SiH4].[Ti+4]. The molecule has 2 fully saturated rings. The fourth-order valence-corrected chi connectivity index (χ4v) is 3.45. The molecule has 0 saturated heterocycles. The summed E-state index contributed by atoms with van der Waals surface area (Å²) >= 11 is 0. The fourth-order valence-electron chi connectivity index (χ4n) is 3.45. The summed E-state index contributed by atoms with van der Waals surface area (Å²) in [5.74, 6) is 3.56. The molecule has 3 aliphatic rings. The summed E-state index contributed by atoms with van der Waals surface area (Å²) in [6.07, 6.45) is 21.1. The molecule has 0 radical (unpaired) electrons. The molecular weight excluding hydrogens is 366 g/mol. The maximum Gasteiger partial charge on any atom is 4.00 e. The van der Waals surface area contributed by atoms with Gasteiger partial charge in [-0.3, -0.25) is 0 Å². The van der Waals surface area contributed by atoms with Crippen molar-refractivity contribution in [3.8, 4) is 0 Å². The fraction of sp³-hybridized carbons (Fsp3) is 0.522. The summed E-state index contributed by atoms with van der Waals surface area (Å²) < 4.78 is 0. The number of nitrogens with one attached hydrogen (secondary N) is 1. The van der Waals surface area contributed by atoms with Crippen LogP contribution >= 0.6 is 0 Å². The second kappa shape index (κ2) is 17.0. The zero-order valence-electron chi connectivity index (χ0n) is 17.1. The van der Waals surface area contributed by atoms with Crippen LogP contribution in [0.4, 0.5) is 0 Å². The molecule has 2 saturated carbocycles. The van der Waals surface area contributed by atoms with Gasteiger partial charge in [0, 0.05) is 0 Å². The van der Waals surface area contributed by atoms with Crippen LogP contribution in [0.3, 0.4) is 0 Å². The zero-order valence-corrected chi connectivity index (χ0v) is 18.7. The minimum atomic E-state index is -0.250. The summed E-state index contributed by atoms with van der Waals surface area (Å²) in [6.45, 7) is 12.3. The molecule has 0 amide bonds. The molecule has 3 heteroatoms. The van der Waals surface area contributed by atoms with Crippen LogP contribution in [-0.2, 0) is 21.7 Å². The summed E-state index contributed by atoms with van der Waals surface area (Å²) in [7, 11) is 0. The molecule has 0 aromatic rings. The Kier molecular flexibility index (Phi) is 21.8. The van der Waals surface area contributed by atoms with Crippen molar-refractivity contribution >= 4 is 11.0 Å². The van der Waals surface area contributed by atoms with E-state index in [0.29, 0.717) is 0 Å². The number of allylic oxidation sites excluding steroid dienone is 6. The van der Waals surface area contributed by atoms with Crippen LogP contribution < -0.4 is 0 Å². The molecule has 1 N–H and O–H groups in total. The molecule has 0 spiro atoms. The van der Waals surface area contributed by atoms with Gasteiger partial charge in [0.2, 0.25) is 0 Å². The van der Waals surface area contributed by atoms with Crippen LogP contribution in [0.5, 0.6) is 0 Å². The standard InChI is InChI=1S/C13H17.C4H10N.C4H6.2CH3.H4Si.Ti/c1-3-7-12-10(5-1)9-11-6-2-4-8-13(11)12;1-4(2,3)5;1-3-4-2;;;;/h1,3,5,7,9-13H,2,4,6,8H2;5H,1-3H3;3-4H,1-2H2;2*1H3;1H4;/q2*-1;;2*-1;;+4. The van der Waals surface area contributed by atoms with Gasteiger partial charge >= 0.3 is 21.7 Å². The predicted octanol–water partition coefficient (Wildman–Crippen LogP) is 6.01. The Morgan fingerprint density at radius 3 is 1.96 bits per heavy atom. The molecule has 4 unspecified atom stereocenters. The van der Waals surface area contributed by atoms with Crippen LogP contribution in [-0.4, -0.2) is 16.5 Å². The minimum absolute atomic E-state index is 0. The van der Waals surface area contributed by atoms with Crippen molar-refractivity contribution in [3.05, 3.63) is 76.6 Å². The third-order valence-electron chi connectivity index (χ3n) is 4.23.